The normalized spacial score (nSPS) is 18.9. The first-order chi connectivity index (χ1) is 9.60. The van der Waals surface area contributed by atoms with Crippen LogP contribution in [0.3, 0.4) is 0 Å². The van der Waals surface area contributed by atoms with Crippen molar-refractivity contribution in [2.24, 2.45) is 5.73 Å². The highest BCUT2D eigenvalue weighted by molar-refractivity contribution is 7.80. The monoisotopic (exact) mass is 291 g/mol. The van der Waals surface area contributed by atoms with E-state index in [1.807, 2.05) is 0 Å². The summed E-state index contributed by atoms with van der Waals surface area (Å²) in [6.07, 6.45) is 1.01. The van der Waals surface area contributed by atoms with Gasteiger partial charge in [0, 0.05) is 32.7 Å². The van der Waals surface area contributed by atoms with Gasteiger partial charge in [0.15, 0.2) is 0 Å². The van der Waals surface area contributed by atoms with Crippen molar-refractivity contribution < 1.29 is 0 Å². The largest absolute Gasteiger partial charge is 0.392 e. The molecule has 0 amide bonds. The van der Waals surface area contributed by atoms with Gasteiger partial charge in [-0.1, -0.05) is 49.0 Å². The Morgan fingerprint density at radius 2 is 1.80 bits per heavy atom. The molecular formula is C16H25N3S. The number of benzene rings is 1. The molecule has 1 aliphatic rings. The summed E-state index contributed by atoms with van der Waals surface area (Å²) in [6.45, 7) is 9.62. The van der Waals surface area contributed by atoms with E-state index >= 15 is 0 Å². The summed E-state index contributed by atoms with van der Waals surface area (Å²) in [4.78, 5) is 5.57. The van der Waals surface area contributed by atoms with Crippen molar-refractivity contribution in [2.75, 3.05) is 26.2 Å². The van der Waals surface area contributed by atoms with E-state index in [0.29, 0.717) is 4.99 Å². The highest BCUT2D eigenvalue weighted by Crippen LogP contribution is 2.13. The van der Waals surface area contributed by atoms with Crippen LogP contribution in [-0.2, 0) is 6.54 Å². The summed E-state index contributed by atoms with van der Waals surface area (Å²) in [6, 6.07) is 9.10. The van der Waals surface area contributed by atoms with Crippen molar-refractivity contribution in [3.05, 3.63) is 35.4 Å². The maximum Gasteiger partial charge on any atom is 0.0901 e. The molecule has 2 rings (SSSR count). The third-order valence-corrected chi connectivity index (χ3v) is 4.36. The second-order valence-corrected chi connectivity index (χ2v) is 6.10. The Morgan fingerprint density at radius 1 is 1.20 bits per heavy atom. The average molecular weight is 291 g/mol. The first-order valence-corrected chi connectivity index (χ1v) is 7.82. The van der Waals surface area contributed by atoms with Gasteiger partial charge >= 0.3 is 0 Å². The topological polar surface area (TPSA) is 32.5 Å². The van der Waals surface area contributed by atoms with Crippen LogP contribution in [-0.4, -0.2) is 47.0 Å². The van der Waals surface area contributed by atoms with Crippen molar-refractivity contribution in [2.45, 2.75) is 32.9 Å². The van der Waals surface area contributed by atoms with Gasteiger partial charge in [-0.05, 0) is 18.9 Å². The Balaban J connectivity index is 1.85. The van der Waals surface area contributed by atoms with E-state index in [2.05, 4.69) is 47.9 Å². The zero-order chi connectivity index (χ0) is 14.5. The molecule has 0 bridgehead atoms. The van der Waals surface area contributed by atoms with Crippen LogP contribution in [0, 0.1) is 6.92 Å². The number of nitrogens with zero attached hydrogens (tertiary/aromatic N) is 2. The van der Waals surface area contributed by atoms with Gasteiger partial charge in [-0.15, -0.1) is 0 Å². The molecular weight excluding hydrogens is 266 g/mol. The van der Waals surface area contributed by atoms with E-state index in [1.165, 1.54) is 11.1 Å². The zero-order valence-corrected chi connectivity index (χ0v) is 13.3. The van der Waals surface area contributed by atoms with Crippen LogP contribution in [0.5, 0.6) is 0 Å². The smallest absolute Gasteiger partial charge is 0.0901 e. The van der Waals surface area contributed by atoms with E-state index in [1.54, 1.807) is 0 Å². The van der Waals surface area contributed by atoms with Crippen LogP contribution in [0.15, 0.2) is 24.3 Å². The Morgan fingerprint density at radius 3 is 2.30 bits per heavy atom. The zero-order valence-electron chi connectivity index (χ0n) is 12.5. The quantitative estimate of drug-likeness (QED) is 0.843. The first-order valence-electron chi connectivity index (χ1n) is 7.41. The Kier molecular flexibility index (Phi) is 5.52. The number of rotatable bonds is 5. The number of hydrogen-bond acceptors (Lipinski definition) is 3. The molecule has 4 heteroatoms. The molecule has 1 atom stereocenters. The summed E-state index contributed by atoms with van der Waals surface area (Å²) in [5, 5.41) is 0. The lowest BCUT2D eigenvalue weighted by Gasteiger charge is -2.38. The number of hydrogen-bond donors (Lipinski definition) is 1. The Labute approximate surface area is 127 Å². The van der Waals surface area contributed by atoms with Gasteiger partial charge in [0.05, 0.1) is 11.0 Å². The van der Waals surface area contributed by atoms with Crippen LogP contribution in [0.25, 0.3) is 0 Å². The fraction of sp³-hybridized carbons (Fsp3) is 0.562. The molecule has 2 N–H and O–H groups in total. The van der Waals surface area contributed by atoms with Crippen LogP contribution in [0.4, 0.5) is 0 Å². The Bertz CT molecular complexity index is 436. The molecule has 1 aliphatic heterocycles. The number of thiocarbonyl (C=S) groups is 1. The van der Waals surface area contributed by atoms with Gasteiger partial charge in [0.2, 0.25) is 0 Å². The summed E-state index contributed by atoms with van der Waals surface area (Å²) in [5.41, 5.74) is 8.54. The van der Waals surface area contributed by atoms with E-state index in [4.69, 9.17) is 18.0 Å². The molecule has 0 spiro atoms. The molecule has 1 heterocycles. The van der Waals surface area contributed by atoms with Gasteiger partial charge in [-0.25, -0.2) is 0 Å². The van der Waals surface area contributed by atoms with Gasteiger partial charge in [-0.3, -0.25) is 9.80 Å². The summed E-state index contributed by atoms with van der Waals surface area (Å²) >= 11 is 5.17. The first kappa shape index (κ1) is 15.4. The van der Waals surface area contributed by atoms with Crippen LogP contribution < -0.4 is 5.73 Å². The van der Waals surface area contributed by atoms with E-state index in [-0.39, 0.29) is 6.04 Å². The van der Waals surface area contributed by atoms with Crippen molar-refractivity contribution in [3.8, 4) is 0 Å². The lowest BCUT2D eigenvalue weighted by Crippen LogP contribution is -2.53. The molecule has 1 fully saturated rings. The minimum Gasteiger partial charge on any atom is -0.392 e. The summed E-state index contributed by atoms with van der Waals surface area (Å²) in [7, 11) is 0. The molecule has 0 aromatic heterocycles. The number of nitrogens with two attached hydrogens (primary N) is 1. The van der Waals surface area contributed by atoms with Crippen LogP contribution in [0.2, 0.25) is 0 Å². The molecule has 20 heavy (non-hydrogen) atoms. The minimum atomic E-state index is 0.270. The molecule has 1 unspecified atom stereocenters. The molecule has 110 valence electrons. The second-order valence-electron chi connectivity index (χ2n) is 5.62. The number of piperazine rings is 1. The molecule has 1 aromatic rings. The highest BCUT2D eigenvalue weighted by Gasteiger charge is 2.24. The minimum absolute atomic E-state index is 0.270. The van der Waals surface area contributed by atoms with Gasteiger partial charge in [0.25, 0.3) is 0 Å². The Hall–Kier alpha value is -0.970. The second kappa shape index (κ2) is 7.16. The fourth-order valence-corrected chi connectivity index (χ4v) is 3.14. The SMILES string of the molecule is CCC(C(N)=S)N1CCN(Cc2ccc(C)cc2)CC1. The van der Waals surface area contributed by atoms with Crippen molar-refractivity contribution >= 4 is 17.2 Å². The lowest BCUT2D eigenvalue weighted by atomic mass is 10.1. The number of aryl methyl sites for hydroxylation is 1. The predicted molar refractivity (Wildman–Crippen MR) is 88.9 cm³/mol. The molecule has 0 radical (unpaired) electrons. The van der Waals surface area contributed by atoms with Crippen LogP contribution in [0.1, 0.15) is 24.5 Å². The van der Waals surface area contributed by atoms with Crippen LogP contribution >= 0.6 is 12.2 Å². The van der Waals surface area contributed by atoms with Gasteiger partial charge in [-0.2, -0.15) is 0 Å². The third-order valence-electron chi connectivity index (χ3n) is 4.09. The van der Waals surface area contributed by atoms with E-state index in [0.717, 1.165) is 39.1 Å². The lowest BCUT2D eigenvalue weighted by molar-refractivity contribution is 0.112. The standard InChI is InChI=1S/C16H25N3S/c1-3-15(16(17)20)19-10-8-18(9-11-19)12-14-6-4-13(2)5-7-14/h4-7,15H,3,8-12H2,1-2H3,(H2,17,20). The summed E-state index contributed by atoms with van der Waals surface area (Å²) in [5.74, 6) is 0. The maximum atomic E-state index is 5.83. The van der Waals surface area contributed by atoms with E-state index in [9.17, 15) is 0 Å². The molecule has 0 aliphatic carbocycles. The van der Waals surface area contributed by atoms with Crippen molar-refractivity contribution in [1.29, 1.82) is 0 Å². The molecule has 1 saturated heterocycles. The maximum absolute atomic E-state index is 5.83. The average Bonchev–Trinajstić information content (AvgIpc) is 2.44. The highest BCUT2D eigenvalue weighted by atomic mass is 32.1. The van der Waals surface area contributed by atoms with Gasteiger partial charge < -0.3 is 5.73 Å². The molecule has 0 saturated carbocycles. The van der Waals surface area contributed by atoms with Crippen molar-refractivity contribution in [1.82, 2.24) is 9.80 Å². The van der Waals surface area contributed by atoms with Gasteiger partial charge in [0.1, 0.15) is 0 Å². The van der Waals surface area contributed by atoms with E-state index < -0.39 is 0 Å². The molecule has 1 aromatic carbocycles. The molecule has 3 nitrogen and oxygen atoms in total. The fourth-order valence-electron chi connectivity index (χ4n) is 2.82. The predicted octanol–water partition coefficient (Wildman–Crippen LogP) is 2.18. The van der Waals surface area contributed by atoms with Crippen molar-refractivity contribution in [3.63, 3.8) is 0 Å². The third kappa shape index (κ3) is 4.01. The summed E-state index contributed by atoms with van der Waals surface area (Å²) < 4.78 is 0.